The zero-order chi connectivity index (χ0) is 23.5. The fourth-order valence-corrected chi connectivity index (χ4v) is 3.72. The molecular weight excluding hydrogens is 425 g/mol. The monoisotopic (exact) mass is 449 g/mol. The predicted octanol–water partition coefficient (Wildman–Crippen LogP) is 1.98. The molecule has 0 spiro atoms. The van der Waals surface area contributed by atoms with Crippen molar-refractivity contribution >= 4 is 29.0 Å². The molecule has 10 heteroatoms. The van der Waals surface area contributed by atoms with Crippen molar-refractivity contribution in [3.05, 3.63) is 65.7 Å². The number of piperazine rings is 1. The number of halogens is 1. The average Bonchev–Trinajstić information content (AvgIpc) is 2.81. The number of carbonyl (C=O) groups is 2. The minimum Gasteiger partial charge on any atom is -0.369 e. The third-order valence-corrected chi connectivity index (χ3v) is 5.58. The highest BCUT2D eigenvalue weighted by Crippen LogP contribution is 2.29. The first-order valence-electron chi connectivity index (χ1n) is 10.4. The van der Waals surface area contributed by atoms with E-state index in [1.54, 1.807) is 0 Å². The number of nitrogens with one attached hydrogen (secondary N) is 1. The van der Waals surface area contributed by atoms with E-state index >= 15 is 0 Å². The van der Waals surface area contributed by atoms with Crippen molar-refractivity contribution in [2.24, 2.45) is 11.5 Å². The summed E-state index contributed by atoms with van der Waals surface area (Å²) in [5, 5.41) is 3.04. The number of likely N-dealkylation sites (N-methyl/N-ethyl adjacent to an activating group) is 1. The highest BCUT2D eigenvalue weighted by Gasteiger charge is 2.21. The molecule has 1 aliphatic rings. The summed E-state index contributed by atoms with van der Waals surface area (Å²) in [6.45, 7) is 3.86. The standard InChI is InChI=1S/C23H24FN7O2/c1-30-8-10-31(11-9-30)15-4-2-14(3-5-15)28-23-17(21(25)32)12-19(24)20(29-23)16-6-7-27-13-18(16)22(26)33/h2-7,12-13H,8-11H2,1H3,(H2,25,32)(H2,26,33)(H,28,29). The van der Waals surface area contributed by atoms with Crippen LogP contribution in [-0.2, 0) is 0 Å². The number of benzene rings is 1. The van der Waals surface area contributed by atoms with Crippen LogP contribution in [0.4, 0.5) is 21.6 Å². The van der Waals surface area contributed by atoms with Crippen molar-refractivity contribution < 1.29 is 14.0 Å². The number of anilines is 3. The average molecular weight is 449 g/mol. The maximum absolute atomic E-state index is 14.9. The van der Waals surface area contributed by atoms with Crippen LogP contribution in [-0.4, -0.2) is 59.9 Å². The van der Waals surface area contributed by atoms with Crippen molar-refractivity contribution in [3.8, 4) is 11.3 Å². The van der Waals surface area contributed by atoms with Crippen molar-refractivity contribution in [1.29, 1.82) is 0 Å². The van der Waals surface area contributed by atoms with Gasteiger partial charge in [0.1, 0.15) is 17.3 Å². The third kappa shape index (κ3) is 4.75. The van der Waals surface area contributed by atoms with Crippen molar-refractivity contribution in [1.82, 2.24) is 14.9 Å². The zero-order valence-corrected chi connectivity index (χ0v) is 18.1. The summed E-state index contributed by atoms with van der Waals surface area (Å²) in [6, 6.07) is 10.1. The largest absolute Gasteiger partial charge is 0.369 e. The lowest BCUT2D eigenvalue weighted by Crippen LogP contribution is -2.44. The summed E-state index contributed by atoms with van der Waals surface area (Å²) >= 11 is 0. The van der Waals surface area contributed by atoms with E-state index in [1.165, 1.54) is 18.5 Å². The van der Waals surface area contributed by atoms with Crippen LogP contribution >= 0.6 is 0 Å². The minimum absolute atomic E-state index is 0.0122. The Morgan fingerprint density at radius 2 is 1.67 bits per heavy atom. The molecule has 170 valence electrons. The van der Waals surface area contributed by atoms with Crippen molar-refractivity contribution in [2.45, 2.75) is 0 Å². The van der Waals surface area contributed by atoms with E-state index in [4.69, 9.17) is 11.5 Å². The summed E-state index contributed by atoms with van der Waals surface area (Å²) in [5.74, 6) is -2.35. The van der Waals surface area contributed by atoms with Gasteiger partial charge in [0.15, 0.2) is 0 Å². The van der Waals surface area contributed by atoms with Gasteiger partial charge in [-0.2, -0.15) is 0 Å². The van der Waals surface area contributed by atoms with Crippen LogP contribution in [0, 0.1) is 5.82 Å². The fourth-order valence-electron chi connectivity index (χ4n) is 3.72. The molecule has 3 aromatic rings. The number of carbonyl (C=O) groups excluding carboxylic acids is 2. The number of hydrogen-bond donors (Lipinski definition) is 3. The normalized spacial score (nSPS) is 14.2. The third-order valence-electron chi connectivity index (χ3n) is 5.58. The molecule has 4 rings (SSSR count). The molecule has 2 aromatic heterocycles. The Balaban J connectivity index is 1.67. The number of aromatic nitrogens is 2. The predicted molar refractivity (Wildman–Crippen MR) is 124 cm³/mol. The van der Waals surface area contributed by atoms with Crippen molar-refractivity contribution in [3.63, 3.8) is 0 Å². The lowest BCUT2D eigenvalue weighted by atomic mass is 10.0. The molecule has 0 saturated carbocycles. The summed E-state index contributed by atoms with van der Waals surface area (Å²) < 4.78 is 14.9. The van der Waals surface area contributed by atoms with E-state index in [1.807, 2.05) is 24.3 Å². The highest BCUT2D eigenvalue weighted by atomic mass is 19.1. The Hall–Kier alpha value is -4.05. The fraction of sp³-hybridized carbons (Fsp3) is 0.217. The summed E-state index contributed by atoms with van der Waals surface area (Å²) in [5.41, 5.74) is 12.5. The number of nitrogens with zero attached hydrogens (tertiary/aromatic N) is 4. The topological polar surface area (TPSA) is 130 Å². The van der Waals surface area contributed by atoms with Crippen LogP contribution in [0.5, 0.6) is 0 Å². The summed E-state index contributed by atoms with van der Waals surface area (Å²) in [7, 11) is 2.10. The van der Waals surface area contributed by atoms with E-state index in [0.717, 1.165) is 37.9 Å². The number of hydrogen-bond acceptors (Lipinski definition) is 7. The molecule has 3 heterocycles. The maximum Gasteiger partial charge on any atom is 0.252 e. The van der Waals surface area contributed by atoms with Crippen LogP contribution in [0.25, 0.3) is 11.3 Å². The van der Waals surface area contributed by atoms with E-state index in [9.17, 15) is 14.0 Å². The number of amides is 2. The lowest BCUT2D eigenvalue weighted by molar-refractivity contribution is 0.0991. The molecule has 1 fully saturated rings. The SMILES string of the molecule is CN1CCN(c2ccc(Nc3nc(-c4ccncc4C(N)=O)c(F)cc3C(N)=O)cc2)CC1. The van der Waals surface area contributed by atoms with Gasteiger partial charge in [-0.05, 0) is 43.4 Å². The van der Waals surface area contributed by atoms with Gasteiger partial charge >= 0.3 is 0 Å². The number of pyridine rings is 2. The Labute approximate surface area is 190 Å². The van der Waals surface area contributed by atoms with Gasteiger partial charge in [-0.25, -0.2) is 9.37 Å². The van der Waals surface area contributed by atoms with Crippen molar-refractivity contribution in [2.75, 3.05) is 43.4 Å². The molecular formula is C23H24FN7O2. The second kappa shape index (κ2) is 9.21. The molecule has 0 aliphatic carbocycles. The van der Waals surface area contributed by atoms with Gasteiger partial charge in [-0.3, -0.25) is 14.6 Å². The molecule has 2 amide bonds. The number of primary amides is 2. The Kier molecular flexibility index (Phi) is 6.18. The van der Waals surface area contributed by atoms with Gasteiger partial charge in [-0.15, -0.1) is 0 Å². The van der Waals surface area contributed by atoms with Crippen LogP contribution in [0.1, 0.15) is 20.7 Å². The van der Waals surface area contributed by atoms with Gasteiger partial charge in [0.25, 0.3) is 11.8 Å². The van der Waals surface area contributed by atoms with E-state index in [2.05, 4.69) is 32.1 Å². The Morgan fingerprint density at radius 1 is 1.00 bits per heavy atom. The molecule has 9 nitrogen and oxygen atoms in total. The molecule has 5 N–H and O–H groups in total. The summed E-state index contributed by atoms with van der Waals surface area (Å²) in [6.07, 6.45) is 2.64. The molecule has 1 saturated heterocycles. The molecule has 0 radical (unpaired) electrons. The molecule has 33 heavy (non-hydrogen) atoms. The highest BCUT2D eigenvalue weighted by molar-refractivity contribution is 6.01. The van der Waals surface area contributed by atoms with Gasteiger partial charge in [0, 0.05) is 55.5 Å². The van der Waals surface area contributed by atoms with Crippen LogP contribution in [0.2, 0.25) is 0 Å². The van der Waals surface area contributed by atoms with Gasteiger partial charge in [-0.1, -0.05) is 0 Å². The summed E-state index contributed by atoms with van der Waals surface area (Å²) in [4.78, 5) is 36.4. The smallest absolute Gasteiger partial charge is 0.252 e. The molecule has 0 unspecified atom stereocenters. The Bertz CT molecular complexity index is 1190. The lowest BCUT2D eigenvalue weighted by Gasteiger charge is -2.34. The molecule has 1 aromatic carbocycles. The van der Waals surface area contributed by atoms with E-state index < -0.39 is 17.6 Å². The van der Waals surface area contributed by atoms with Crippen LogP contribution in [0.15, 0.2) is 48.8 Å². The van der Waals surface area contributed by atoms with Gasteiger partial charge in [0.2, 0.25) is 0 Å². The quantitative estimate of drug-likeness (QED) is 0.524. The van der Waals surface area contributed by atoms with Crippen LogP contribution < -0.4 is 21.7 Å². The first kappa shape index (κ1) is 22.2. The first-order chi connectivity index (χ1) is 15.8. The Morgan fingerprint density at radius 3 is 2.30 bits per heavy atom. The van der Waals surface area contributed by atoms with E-state index in [-0.39, 0.29) is 28.2 Å². The molecule has 0 atom stereocenters. The van der Waals surface area contributed by atoms with Gasteiger partial charge < -0.3 is 26.6 Å². The second-order valence-electron chi connectivity index (χ2n) is 7.83. The second-order valence-corrected chi connectivity index (χ2v) is 7.83. The van der Waals surface area contributed by atoms with Gasteiger partial charge in [0.05, 0.1) is 11.1 Å². The zero-order valence-electron chi connectivity index (χ0n) is 18.1. The molecule has 0 bridgehead atoms. The maximum atomic E-state index is 14.9. The minimum atomic E-state index is -0.839. The van der Waals surface area contributed by atoms with Crippen LogP contribution in [0.3, 0.4) is 0 Å². The number of nitrogens with two attached hydrogens (primary N) is 2. The molecule has 1 aliphatic heterocycles. The number of rotatable bonds is 6. The van der Waals surface area contributed by atoms with E-state index in [0.29, 0.717) is 5.69 Å². The first-order valence-corrected chi connectivity index (χ1v) is 10.4.